The van der Waals surface area contributed by atoms with E-state index in [1.807, 2.05) is 0 Å². The third-order valence-electron chi connectivity index (χ3n) is 4.43. The fraction of sp³-hybridized carbons (Fsp3) is 0.350. The molecule has 0 fully saturated rings. The number of rotatable bonds is 8. The number of nitrogens with zero attached hydrogens (tertiary/aromatic N) is 3. The summed E-state index contributed by atoms with van der Waals surface area (Å²) >= 11 is 6.32. The Morgan fingerprint density at radius 1 is 1.21 bits per heavy atom. The number of pyridine rings is 1. The number of aromatic nitrogens is 3. The number of hydrogen-bond donors (Lipinski definition) is 0. The third kappa shape index (κ3) is 4.71. The Morgan fingerprint density at radius 3 is 2.69 bits per heavy atom. The molecule has 3 rings (SSSR count). The molecule has 2 heterocycles. The van der Waals surface area contributed by atoms with E-state index in [-0.39, 0.29) is 16.3 Å². The molecule has 0 aliphatic rings. The second kappa shape index (κ2) is 9.28. The molecule has 0 bridgehead atoms. The molecule has 3 aromatic rings. The minimum Gasteiger partial charge on any atom is -0.435 e. The average Bonchev–Trinajstić information content (AvgIpc) is 2.67. The summed E-state index contributed by atoms with van der Waals surface area (Å²) in [5, 5.41) is 0.230. The van der Waals surface area contributed by atoms with Crippen LogP contribution in [0.15, 0.2) is 35.3 Å². The second-order valence-corrected chi connectivity index (χ2v) is 6.81. The number of benzene rings is 1. The zero-order chi connectivity index (χ0) is 21.0. The van der Waals surface area contributed by atoms with Gasteiger partial charge in [-0.3, -0.25) is 9.36 Å². The highest BCUT2D eigenvalue weighted by atomic mass is 35.5. The zero-order valence-corrected chi connectivity index (χ0v) is 16.7. The van der Waals surface area contributed by atoms with Crippen molar-refractivity contribution in [2.45, 2.75) is 32.9 Å². The number of halogens is 3. The lowest BCUT2D eigenvalue weighted by Crippen LogP contribution is -2.25. The van der Waals surface area contributed by atoms with E-state index in [9.17, 15) is 13.6 Å². The monoisotopic (exact) mass is 423 g/mol. The van der Waals surface area contributed by atoms with Crippen LogP contribution in [0.3, 0.4) is 0 Å². The molecule has 0 aliphatic heterocycles. The van der Waals surface area contributed by atoms with Gasteiger partial charge in [-0.25, -0.2) is 9.97 Å². The first-order valence-electron chi connectivity index (χ1n) is 9.02. The lowest BCUT2D eigenvalue weighted by Gasteiger charge is -2.14. The summed E-state index contributed by atoms with van der Waals surface area (Å²) in [7, 11) is 1.63. The van der Waals surface area contributed by atoms with E-state index in [2.05, 4.69) is 14.7 Å². The number of unbranched alkanes of at least 4 members (excludes halogenated alkanes) is 1. The first kappa shape index (κ1) is 21.1. The molecule has 0 spiro atoms. The molecule has 0 N–H and O–H groups in total. The highest BCUT2D eigenvalue weighted by molar-refractivity contribution is 6.33. The third-order valence-corrected chi connectivity index (χ3v) is 4.74. The van der Waals surface area contributed by atoms with E-state index < -0.39 is 6.61 Å². The number of aryl methyl sites for hydroxylation is 2. The summed E-state index contributed by atoms with van der Waals surface area (Å²) in [4.78, 5) is 21.4. The van der Waals surface area contributed by atoms with Gasteiger partial charge in [0.05, 0.1) is 5.02 Å². The van der Waals surface area contributed by atoms with E-state index in [1.54, 1.807) is 36.9 Å². The number of ether oxygens (including phenoxy) is 2. The Balaban J connectivity index is 2.08. The Hall–Kier alpha value is -2.58. The van der Waals surface area contributed by atoms with Crippen molar-refractivity contribution in [2.75, 3.05) is 13.7 Å². The van der Waals surface area contributed by atoms with Crippen LogP contribution in [0.2, 0.25) is 5.02 Å². The zero-order valence-electron chi connectivity index (χ0n) is 16.0. The number of alkyl halides is 2. The van der Waals surface area contributed by atoms with E-state index in [1.165, 1.54) is 12.1 Å². The molecule has 2 aromatic heterocycles. The molecule has 29 heavy (non-hydrogen) atoms. The summed E-state index contributed by atoms with van der Waals surface area (Å²) in [6.07, 6.45) is 3.13. The quantitative estimate of drug-likeness (QED) is 0.501. The van der Waals surface area contributed by atoms with Gasteiger partial charge < -0.3 is 9.47 Å². The highest BCUT2D eigenvalue weighted by Gasteiger charge is 2.16. The lowest BCUT2D eigenvalue weighted by atomic mass is 10.1. The van der Waals surface area contributed by atoms with E-state index >= 15 is 0 Å². The predicted molar refractivity (Wildman–Crippen MR) is 107 cm³/mol. The van der Waals surface area contributed by atoms with Gasteiger partial charge in [-0.05, 0) is 44.0 Å². The van der Waals surface area contributed by atoms with Crippen molar-refractivity contribution >= 4 is 22.8 Å². The SMILES string of the molecule is COCCCCn1c(=O)c(C)nc2c(-c3ccc(OC(F)F)cc3Cl)ccnc21. The molecule has 0 unspecified atom stereocenters. The number of methoxy groups -OCH3 is 1. The van der Waals surface area contributed by atoms with Crippen LogP contribution in [-0.2, 0) is 11.3 Å². The standard InChI is InChI=1S/C20H20ClF2N3O3/c1-12-19(27)26(9-3-4-10-28-2)18-17(25-12)15(7-8-24-18)14-6-5-13(11-16(14)21)29-20(22)23/h5-8,11,20H,3-4,9-10H2,1-2H3. The Bertz CT molecular complexity index is 1070. The van der Waals surface area contributed by atoms with Crippen molar-refractivity contribution in [1.82, 2.24) is 14.5 Å². The van der Waals surface area contributed by atoms with Gasteiger partial charge in [-0.2, -0.15) is 8.78 Å². The molecule has 0 amide bonds. The van der Waals surface area contributed by atoms with Gasteiger partial charge in [-0.15, -0.1) is 0 Å². The maximum absolute atomic E-state index is 12.6. The maximum atomic E-state index is 12.6. The maximum Gasteiger partial charge on any atom is 0.387 e. The van der Waals surface area contributed by atoms with Crippen LogP contribution in [0.25, 0.3) is 22.3 Å². The Morgan fingerprint density at radius 2 is 2.00 bits per heavy atom. The molecule has 1 aromatic carbocycles. The molecule has 6 nitrogen and oxygen atoms in total. The van der Waals surface area contributed by atoms with Crippen LogP contribution in [0.1, 0.15) is 18.5 Å². The molecule has 9 heteroatoms. The average molecular weight is 424 g/mol. The lowest BCUT2D eigenvalue weighted by molar-refractivity contribution is -0.0498. The van der Waals surface area contributed by atoms with Crippen molar-refractivity contribution < 1.29 is 18.3 Å². The van der Waals surface area contributed by atoms with Crippen LogP contribution < -0.4 is 10.3 Å². The molecule has 0 aliphatic carbocycles. The Labute approximate surface area is 171 Å². The minimum atomic E-state index is -2.93. The summed E-state index contributed by atoms with van der Waals surface area (Å²) in [6, 6.07) is 6.04. The van der Waals surface area contributed by atoms with Crippen molar-refractivity contribution in [3.05, 3.63) is 51.5 Å². The van der Waals surface area contributed by atoms with Crippen molar-refractivity contribution in [1.29, 1.82) is 0 Å². The first-order chi connectivity index (χ1) is 13.9. The number of hydrogen-bond acceptors (Lipinski definition) is 5. The molecule has 0 radical (unpaired) electrons. The van der Waals surface area contributed by atoms with Crippen molar-refractivity contribution in [3.63, 3.8) is 0 Å². The van der Waals surface area contributed by atoms with Crippen LogP contribution in [0.4, 0.5) is 8.78 Å². The van der Waals surface area contributed by atoms with Gasteiger partial charge in [0.15, 0.2) is 5.65 Å². The van der Waals surface area contributed by atoms with Crippen LogP contribution in [0, 0.1) is 6.92 Å². The molecule has 0 atom stereocenters. The van der Waals surface area contributed by atoms with E-state index in [0.717, 1.165) is 12.8 Å². The van der Waals surface area contributed by atoms with Crippen molar-refractivity contribution in [3.8, 4) is 16.9 Å². The summed E-state index contributed by atoms with van der Waals surface area (Å²) in [5.41, 5.74) is 2.33. The molecular formula is C20H20ClF2N3O3. The van der Waals surface area contributed by atoms with Crippen LogP contribution in [-0.4, -0.2) is 34.9 Å². The smallest absolute Gasteiger partial charge is 0.387 e. The normalized spacial score (nSPS) is 11.4. The molecular weight excluding hydrogens is 404 g/mol. The first-order valence-corrected chi connectivity index (χ1v) is 9.40. The van der Waals surface area contributed by atoms with Gasteiger partial charge in [0.2, 0.25) is 0 Å². The summed E-state index contributed by atoms with van der Waals surface area (Å²) in [6.45, 7) is -0.202. The minimum absolute atomic E-state index is 0.0358. The molecule has 0 saturated carbocycles. The van der Waals surface area contributed by atoms with E-state index in [4.69, 9.17) is 16.3 Å². The van der Waals surface area contributed by atoms with Crippen LogP contribution >= 0.6 is 11.6 Å². The van der Waals surface area contributed by atoms with Crippen LogP contribution in [0.5, 0.6) is 5.75 Å². The highest BCUT2D eigenvalue weighted by Crippen LogP contribution is 2.34. The number of fused-ring (bicyclic) bond motifs is 1. The van der Waals surface area contributed by atoms with Gasteiger partial charge in [-0.1, -0.05) is 11.6 Å². The summed E-state index contributed by atoms with van der Waals surface area (Å²) < 4.78 is 35.9. The Kier molecular flexibility index (Phi) is 6.76. The summed E-state index contributed by atoms with van der Waals surface area (Å²) in [5.74, 6) is -0.0358. The van der Waals surface area contributed by atoms with Gasteiger partial charge >= 0.3 is 6.61 Å². The predicted octanol–water partition coefficient (Wildman–Crippen LogP) is 4.45. The molecule has 154 valence electrons. The van der Waals surface area contributed by atoms with Gasteiger partial charge in [0, 0.05) is 37.6 Å². The fourth-order valence-corrected chi connectivity index (χ4v) is 3.36. The van der Waals surface area contributed by atoms with Crippen molar-refractivity contribution in [2.24, 2.45) is 0 Å². The fourth-order valence-electron chi connectivity index (χ4n) is 3.09. The molecule has 0 saturated heterocycles. The van der Waals surface area contributed by atoms with Gasteiger partial charge in [0.1, 0.15) is 17.0 Å². The topological polar surface area (TPSA) is 66.2 Å². The van der Waals surface area contributed by atoms with E-state index in [0.29, 0.717) is 41.1 Å². The second-order valence-electron chi connectivity index (χ2n) is 6.40. The van der Waals surface area contributed by atoms with Gasteiger partial charge in [0.25, 0.3) is 5.56 Å². The largest absolute Gasteiger partial charge is 0.435 e.